The smallest absolute Gasteiger partial charge is 0.416 e. The summed E-state index contributed by atoms with van der Waals surface area (Å²) in [4.78, 5) is 52.9. The van der Waals surface area contributed by atoms with E-state index in [-0.39, 0.29) is 54.8 Å². The Hall–Kier alpha value is -2.66. The van der Waals surface area contributed by atoms with Crippen molar-refractivity contribution in [3.05, 3.63) is 11.4 Å². The fourth-order valence-corrected chi connectivity index (χ4v) is 3.79. The summed E-state index contributed by atoms with van der Waals surface area (Å²) < 4.78 is 9.86. The number of nitriles is 1. The Labute approximate surface area is 229 Å². The summed E-state index contributed by atoms with van der Waals surface area (Å²) in [5, 5.41) is 8.02. The van der Waals surface area contributed by atoms with Crippen molar-refractivity contribution in [3.63, 3.8) is 0 Å². The predicted molar refractivity (Wildman–Crippen MR) is 142 cm³/mol. The fraction of sp³-hybridized carbons (Fsp3) is 0.769. The minimum atomic E-state index is -0.565. The van der Waals surface area contributed by atoms with Crippen LogP contribution in [0.15, 0.2) is 0 Å². The number of carbonyl (C=O) groups is 4. The average Bonchev–Trinajstić information content (AvgIpc) is 3.45. The minimum absolute atomic E-state index is 0.0816. The van der Waals surface area contributed by atoms with Crippen LogP contribution in [0, 0.1) is 35.7 Å². The van der Waals surface area contributed by atoms with Gasteiger partial charge in [0.1, 0.15) is 19.1 Å². The van der Waals surface area contributed by atoms with E-state index in [0.717, 1.165) is 19.3 Å². The molecule has 10 nitrogen and oxygen atoms in total. The van der Waals surface area contributed by atoms with E-state index in [0.29, 0.717) is 24.8 Å². The summed E-state index contributed by atoms with van der Waals surface area (Å²) in [6, 6.07) is 1.57. The number of hydrogen-bond acceptors (Lipinski definition) is 7. The molecule has 0 aromatic carbocycles. The lowest BCUT2D eigenvalue weighted by atomic mass is 9.99. The van der Waals surface area contributed by atoms with E-state index >= 15 is 0 Å². The minimum Gasteiger partial charge on any atom is -0.447 e. The Bertz CT molecular complexity index is 836. The zero-order chi connectivity index (χ0) is 28.5. The molecule has 3 atom stereocenters. The normalized spacial score (nSPS) is 19.1. The zero-order valence-electron chi connectivity index (χ0n) is 22.9. The lowest BCUT2D eigenvalue weighted by Crippen LogP contribution is -2.45. The maximum atomic E-state index is 12.3. The van der Waals surface area contributed by atoms with E-state index in [2.05, 4.69) is 20.8 Å². The van der Waals surface area contributed by atoms with Crippen molar-refractivity contribution >= 4 is 39.9 Å². The third kappa shape index (κ3) is 11.1. The molecule has 0 N–H and O–H groups in total. The molecule has 0 spiro atoms. The maximum absolute atomic E-state index is 12.3. The van der Waals surface area contributed by atoms with Gasteiger partial charge in [-0.25, -0.2) is 26.0 Å². The van der Waals surface area contributed by atoms with Gasteiger partial charge in [-0.15, -0.1) is 0 Å². The average molecular weight is 586 g/mol. The monoisotopic (exact) mass is 584 g/mol. The van der Waals surface area contributed by atoms with Crippen LogP contribution in [0.3, 0.4) is 0 Å². The molecule has 0 aliphatic carbocycles. The molecule has 0 aromatic rings. The maximum Gasteiger partial charge on any atom is 0.416 e. The summed E-state index contributed by atoms with van der Waals surface area (Å²) >= 11 is 2.89. The molecule has 2 aliphatic heterocycles. The van der Waals surface area contributed by atoms with Crippen LogP contribution in [0.5, 0.6) is 0 Å². The molecule has 2 heterocycles. The van der Waals surface area contributed by atoms with Gasteiger partial charge < -0.3 is 14.3 Å². The number of hydrogen-bond donors (Lipinski definition) is 0. The lowest BCUT2D eigenvalue weighted by molar-refractivity contribution is -0.133. The van der Waals surface area contributed by atoms with Gasteiger partial charge in [-0.3, -0.25) is 9.59 Å². The standard InChI is InChI=1S/C13H20N2O3.C11H19NO3.C2H2BrN/c1-5-6-10(7-14-4)12(16)15-11(9(2)3)8-18-13(15)17;1-4-5-6-10(13)12-9(8(2)3)7-15-11(12)14;3-1-2-4/h9-11H,5-8H2,1-3H3;8-9H,4-7H2,1-3H3;1H2/t10-,11-;9-;/m11./s1. The van der Waals surface area contributed by atoms with Crippen LogP contribution in [0.4, 0.5) is 9.59 Å². The number of unbranched alkanes of at least 4 members (excludes halogenated alkanes) is 1. The number of cyclic esters (lactones) is 2. The van der Waals surface area contributed by atoms with Crippen LogP contribution < -0.4 is 0 Å². The topological polar surface area (TPSA) is 121 Å². The highest BCUT2D eigenvalue weighted by atomic mass is 79.9. The molecule has 2 rings (SSSR count). The second kappa shape index (κ2) is 18.6. The first-order chi connectivity index (χ1) is 17.5. The summed E-state index contributed by atoms with van der Waals surface area (Å²) in [7, 11) is 0. The molecule has 208 valence electrons. The predicted octanol–water partition coefficient (Wildman–Crippen LogP) is 5.41. The third-order valence-corrected chi connectivity index (χ3v) is 6.21. The molecule has 2 aliphatic rings. The first-order valence-corrected chi connectivity index (χ1v) is 13.9. The number of nitrogens with zero attached hydrogens (tertiary/aromatic N) is 4. The molecule has 0 bridgehead atoms. The van der Waals surface area contributed by atoms with Crippen molar-refractivity contribution in [2.75, 3.05) is 25.1 Å². The number of rotatable bonds is 9. The van der Waals surface area contributed by atoms with Gasteiger partial charge in [-0.1, -0.05) is 70.3 Å². The molecule has 0 radical (unpaired) electrons. The largest absolute Gasteiger partial charge is 0.447 e. The van der Waals surface area contributed by atoms with Crippen LogP contribution in [0.25, 0.3) is 4.85 Å². The van der Waals surface area contributed by atoms with Gasteiger partial charge in [0.2, 0.25) is 18.4 Å². The molecule has 0 unspecified atom stereocenters. The van der Waals surface area contributed by atoms with Gasteiger partial charge in [-0.05, 0) is 24.7 Å². The first kappa shape index (κ1) is 34.3. The number of carbonyl (C=O) groups excluding carboxylic acids is 4. The second-order valence-electron chi connectivity index (χ2n) is 9.47. The highest BCUT2D eigenvalue weighted by Gasteiger charge is 2.42. The summed E-state index contributed by atoms with van der Waals surface area (Å²) in [5.41, 5.74) is 0. The molecule has 37 heavy (non-hydrogen) atoms. The highest BCUT2D eigenvalue weighted by Crippen LogP contribution is 2.24. The number of ether oxygens (including phenoxy) is 2. The van der Waals surface area contributed by atoms with Crippen LogP contribution in [-0.2, 0) is 19.1 Å². The quantitative estimate of drug-likeness (QED) is 0.262. The third-order valence-electron chi connectivity index (χ3n) is 5.96. The molecule has 2 saturated heterocycles. The van der Waals surface area contributed by atoms with E-state index in [9.17, 15) is 19.2 Å². The van der Waals surface area contributed by atoms with Gasteiger partial charge >= 0.3 is 12.2 Å². The molecular formula is C26H41BrN4O6. The highest BCUT2D eigenvalue weighted by molar-refractivity contribution is 9.09. The van der Waals surface area contributed by atoms with Gasteiger partial charge in [0.15, 0.2) is 0 Å². The van der Waals surface area contributed by atoms with Gasteiger partial charge in [0, 0.05) is 6.42 Å². The zero-order valence-corrected chi connectivity index (χ0v) is 24.5. The molecule has 2 fully saturated rings. The Kier molecular flexibility index (Phi) is 17.2. The van der Waals surface area contributed by atoms with Crippen LogP contribution >= 0.6 is 15.9 Å². The van der Waals surface area contributed by atoms with Gasteiger partial charge in [0.25, 0.3) is 0 Å². The molecule has 0 saturated carbocycles. The number of alkyl halides is 1. The van der Waals surface area contributed by atoms with E-state index in [4.69, 9.17) is 21.3 Å². The molecule has 0 aromatic heterocycles. The first-order valence-electron chi connectivity index (χ1n) is 12.8. The van der Waals surface area contributed by atoms with E-state index in [1.165, 1.54) is 9.80 Å². The van der Waals surface area contributed by atoms with Gasteiger partial charge in [-0.2, -0.15) is 5.26 Å². The number of amides is 4. The summed E-state index contributed by atoms with van der Waals surface area (Å²) in [6.07, 6.45) is 2.64. The van der Waals surface area contributed by atoms with Crippen molar-refractivity contribution in [2.45, 2.75) is 85.7 Å². The van der Waals surface area contributed by atoms with Crippen molar-refractivity contribution in [2.24, 2.45) is 17.8 Å². The van der Waals surface area contributed by atoms with Crippen molar-refractivity contribution in [3.8, 4) is 6.07 Å². The second-order valence-corrected chi connectivity index (χ2v) is 10.0. The Morgan fingerprint density at radius 2 is 1.54 bits per heavy atom. The van der Waals surface area contributed by atoms with Gasteiger partial charge in [0.05, 0.1) is 23.5 Å². The van der Waals surface area contributed by atoms with Crippen molar-refractivity contribution < 1.29 is 28.7 Å². The van der Waals surface area contributed by atoms with Crippen molar-refractivity contribution in [1.82, 2.24) is 9.80 Å². The van der Waals surface area contributed by atoms with E-state index in [1.54, 1.807) is 0 Å². The van der Waals surface area contributed by atoms with Crippen LogP contribution in [-0.4, -0.2) is 71.0 Å². The Morgan fingerprint density at radius 1 is 1.05 bits per heavy atom. The Balaban J connectivity index is 0.000000619. The van der Waals surface area contributed by atoms with Crippen molar-refractivity contribution in [1.29, 1.82) is 5.26 Å². The summed E-state index contributed by atoms with van der Waals surface area (Å²) in [5.74, 6) is -0.329. The van der Waals surface area contributed by atoms with E-state index in [1.807, 2.05) is 47.6 Å². The van der Waals surface area contributed by atoms with Crippen LogP contribution in [0.1, 0.15) is 73.6 Å². The summed E-state index contributed by atoms with van der Waals surface area (Å²) in [6.45, 7) is 19.5. The fourth-order valence-electron chi connectivity index (χ4n) is 3.79. The molecular weight excluding hydrogens is 544 g/mol. The van der Waals surface area contributed by atoms with Crippen LogP contribution in [0.2, 0.25) is 0 Å². The van der Waals surface area contributed by atoms with E-state index < -0.39 is 12.2 Å². The molecule has 11 heteroatoms. The Morgan fingerprint density at radius 3 is 1.95 bits per heavy atom. The number of halogens is 1. The number of imide groups is 2. The SMILES string of the molecule is CCCCC(=O)N1C(=O)OC[C@@H]1C(C)C.N#CCBr.[C-]#[N+]C[C@@H](CCC)C(=O)N1C(=O)OC[C@@H]1C(C)C. The molecule has 4 amide bonds. The lowest BCUT2D eigenvalue weighted by Gasteiger charge is -2.24.